The number of carbonyl (C=O) groups excluding carboxylic acids is 2. The van der Waals surface area contributed by atoms with Gasteiger partial charge >= 0.3 is 11.9 Å². The molecule has 0 aromatic heterocycles. The van der Waals surface area contributed by atoms with Gasteiger partial charge in [-0.2, -0.15) is 0 Å². The minimum Gasteiger partial charge on any atom is -0.493 e. The molecule has 0 amide bonds. The predicted molar refractivity (Wildman–Crippen MR) is 250 cm³/mol. The lowest BCUT2D eigenvalue weighted by atomic mass is 9.88. The Morgan fingerprint density at radius 3 is 1.67 bits per heavy atom. The summed E-state index contributed by atoms with van der Waals surface area (Å²) in [6.07, 6.45) is 6.88. The first kappa shape index (κ1) is 52.9. The molecule has 0 aliphatic carbocycles. The first-order chi connectivity index (χ1) is 30.0. The summed E-state index contributed by atoms with van der Waals surface area (Å²) in [6.45, 7) is 27.6. The molecule has 3 atom stereocenters. The molecule has 63 heavy (non-hydrogen) atoms. The molecule has 0 bridgehead atoms. The van der Waals surface area contributed by atoms with Gasteiger partial charge in [0, 0.05) is 50.2 Å². The van der Waals surface area contributed by atoms with Crippen LogP contribution < -0.4 is 9.47 Å². The van der Waals surface area contributed by atoms with Crippen LogP contribution in [-0.4, -0.2) is 81.6 Å². The Morgan fingerprint density at radius 1 is 0.635 bits per heavy atom. The molecule has 3 rings (SSSR count). The smallest absolute Gasteiger partial charge is 0.333 e. The fourth-order valence-corrected chi connectivity index (χ4v) is 6.49. The molecule has 3 aromatic rings. The van der Waals surface area contributed by atoms with E-state index in [0.29, 0.717) is 45.2 Å². The maximum absolute atomic E-state index is 12.0. The third-order valence-corrected chi connectivity index (χ3v) is 11.2. The second kappa shape index (κ2) is 27.6. The molecule has 348 valence electrons. The summed E-state index contributed by atoms with van der Waals surface area (Å²) in [5.41, 5.74) is 1.31. The molecule has 3 unspecified atom stereocenters. The summed E-state index contributed by atoms with van der Waals surface area (Å²) in [7, 11) is 0. The summed E-state index contributed by atoms with van der Waals surface area (Å²) in [5.74, 6) is 0.978. The number of ether oxygens (including phenoxy) is 8. The maximum atomic E-state index is 12.0. The molecule has 3 aromatic carbocycles. The lowest BCUT2D eigenvalue weighted by Gasteiger charge is -2.34. The van der Waals surface area contributed by atoms with Gasteiger partial charge in [0.1, 0.15) is 18.1 Å². The van der Waals surface area contributed by atoms with E-state index in [9.17, 15) is 9.59 Å². The summed E-state index contributed by atoms with van der Waals surface area (Å²) >= 11 is 0. The normalized spacial score (nSPS) is 13.4. The van der Waals surface area contributed by atoms with Gasteiger partial charge < -0.3 is 37.9 Å². The highest BCUT2D eigenvalue weighted by molar-refractivity contribution is 5.86. The zero-order valence-electron chi connectivity index (χ0n) is 39.5. The third-order valence-electron chi connectivity index (χ3n) is 11.2. The summed E-state index contributed by atoms with van der Waals surface area (Å²) in [5, 5.41) is 0. The predicted octanol–water partition coefficient (Wildman–Crippen LogP) is 11.6. The monoisotopic (exact) mass is 873 g/mol. The van der Waals surface area contributed by atoms with E-state index < -0.39 is 17.7 Å². The van der Waals surface area contributed by atoms with Crippen LogP contribution in [0.3, 0.4) is 0 Å². The minimum atomic E-state index is -0.497. The molecule has 0 heterocycles. The SMILES string of the molecule is C=CC(=O)OC(COC(C)(C)C(C)CCCCOC(C)(C)CCOc1ccc(OCCC(C)(C)OCCCCOCC(COC(=O)C(=C)C)c2ccccc2)cc1)c1ccccc1. The Kier molecular flexibility index (Phi) is 23.2. The molecule has 0 fully saturated rings. The van der Waals surface area contributed by atoms with Crippen LogP contribution in [0.2, 0.25) is 0 Å². The number of carbonyl (C=O) groups is 2. The van der Waals surface area contributed by atoms with Crippen molar-refractivity contribution in [2.75, 3.05) is 52.9 Å². The van der Waals surface area contributed by atoms with E-state index in [1.165, 1.54) is 6.08 Å². The molecule has 10 heteroatoms. The second-order valence-electron chi connectivity index (χ2n) is 18.0. The molecule has 0 saturated heterocycles. The highest BCUT2D eigenvalue weighted by Gasteiger charge is 2.29. The second-order valence-corrected chi connectivity index (χ2v) is 18.0. The van der Waals surface area contributed by atoms with Gasteiger partial charge in [0.15, 0.2) is 6.10 Å². The van der Waals surface area contributed by atoms with E-state index in [4.69, 9.17) is 37.9 Å². The summed E-state index contributed by atoms with van der Waals surface area (Å²) in [6, 6.07) is 27.4. The van der Waals surface area contributed by atoms with Crippen molar-refractivity contribution in [1.82, 2.24) is 0 Å². The van der Waals surface area contributed by atoms with E-state index >= 15 is 0 Å². The Balaban J connectivity index is 1.24. The van der Waals surface area contributed by atoms with Gasteiger partial charge in [-0.25, -0.2) is 9.59 Å². The van der Waals surface area contributed by atoms with Crippen molar-refractivity contribution in [2.24, 2.45) is 5.92 Å². The molecule has 0 radical (unpaired) electrons. The van der Waals surface area contributed by atoms with E-state index in [1.54, 1.807) is 6.92 Å². The van der Waals surface area contributed by atoms with Crippen molar-refractivity contribution >= 4 is 11.9 Å². The molecule has 0 saturated carbocycles. The topological polar surface area (TPSA) is 108 Å². The van der Waals surface area contributed by atoms with E-state index in [0.717, 1.165) is 67.6 Å². The molecule has 0 aliphatic heterocycles. The van der Waals surface area contributed by atoms with Gasteiger partial charge in [-0.1, -0.05) is 87.2 Å². The molecule has 0 aliphatic rings. The molecule has 0 spiro atoms. The average Bonchev–Trinajstić information content (AvgIpc) is 3.26. The van der Waals surface area contributed by atoms with Crippen molar-refractivity contribution in [1.29, 1.82) is 0 Å². The number of hydrogen-bond acceptors (Lipinski definition) is 10. The highest BCUT2D eigenvalue weighted by Crippen LogP contribution is 2.29. The number of hydrogen-bond donors (Lipinski definition) is 0. The summed E-state index contributed by atoms with van der Waals surface area (Å²) in [4.78, 5) is 23.9. The third kappa shape index (κ3) is 21.6. The van der Waals surface area contributed by atoms with Gasteiger partial charge in [-0.3, -0.25) is 0 Å². The molecule has 10 nitrogen and oxygen atoms in total. The van der Waals surface area contributed by atoms with E-state index in [1.807, 2.05) is 84.9 Å². The maximum Gasteiger partial charge on any atom is 0.333 e. The zero-order valence-corrected chi connectivity index (χ0v) is 39.5. The molecule has 0 N–H and O–H groups in total. The standard InChI is InChI=1S/C53H76O10/c1-11-49(54)63-48(44-25-16-13-17-26-44)40-62-53(9,10)42(4)22-18-19-34-60-51(5,6)31-36-57-46-27-29-47(30-28-46)58-37-32-52(7,8)61-35-21-20-33-56-38-45(39-59-50(55)41(2)3)43-23-14-12-15-24-43/h11-17,23-30,42,45,48H,1-2,18-22,31-40H2,3-10H3. The van der Waals surface area contributed by atoms with Crippen molar-refractivity contribution < 1.29 is 47.5 Å². The average molecular weight is 873 g/mol. The van der Waals surface area contributed by atoms with Crippen LogP contribution >= 0.6 is 0 Å². The number of rotatable bonds is 33. The first-order valence-corrected chi connectivity index (χ1v) is 22.6. The quantitative estimate of drug-likeness (QED) is 0.0333. The lowest BCUT2D eigenvalue weighted by Crippen LogP contribution is -2.35. The van der Waals surface area contributed by atoms with Crippen LogP contribution in [-0.2, 0) is 38.0 Å². The van der Waals surface area contributed by atoms with Crippen LogP contribution in [0.5, 0.6) is 11.5 Å². The number of unbranched alkanes of at least 4 members (excludes halogenated alkanes) is 2. The van der Waals surface area contributed by atoms with Crippen molar-refractivity contribution in [2.45, 2.75) is 129 Å². The Hall–Kier alpha value is -4.48. The van der Waals surface area contributed by atoms with Crippen molar-refractivity contribution in [3.63, 3.8) is 0 Å². The first-order valence-electron chi connectivity index (χ1n) is 22.6. The fraction of sp³-hybridized carbons (Fsp3) is 0.547. The number of benzene rings is 3. The van der Waals surface area contributed by atoms with Crippen molar-refractivity contribution in [3.05, 3.63) is 121 Å². The largest absolute Gasteiger partial charge is 0.493 e. The van der Waals surface area contributed by atoms with Gasteiger partial charge in [0.25, 0.3) is 0 Å². The van der Waals surface area contributed by atoms with E-state index in [-0.39, 0.29) is 42.2 Å². The number of esters is 2. The van der Waals surface area contributed by atoms with Crippen LogP contribution in [0.15, 0.2) is 110 Å². The zero-order chi connectivity index (χ0) is 46.1. The lowest BCUT2D eigenvalue weighted by molar-refractivity contribution is -0.153. The highest BCUT2D eigenvalue weighted by atomic mass is 16.6. The Bertz CT molecular complexity index is 1750. The Labute approximate surface area is 378 Å². The van der Waals surface area contributed by atoms with Gasteiger partial charge in [-0.05, 0) is 115 Å². The Morgan fingerprint density at radius 2 is 1.14 bits per heavy atom. The minimum absolute atomic E-state index is 0.0401. The van der Waals surface area contributed by atoms with E-state index in [2.05, 4.69) is 61.6 Å². The molecular weight excluding hydrogens is 797 g/mol. The van der Waals surface area contributed by atoms with Crippen LogP contribution in [0.25, 0.3) is 0 Å². The van der Waals surface area contributed by atoms with Gasteiger partial charge in [0.2, 0.25) is 0 Å². The van der Waals surface area contributed by atoms with Crippen LogP contribution in [0.1, 0.15) is 123 Å². The van der Waals surface area contributed by atoms with Crippen molar-refractivity contribution in [3.8, 4) is 11.5 Å². The summed E-state index contributed by atoms with van der Waals surface area (Å²) < 4.78 is 47.9. The van der Waals surface area contributed by atoms with Gasteiger partial charge in [0.05, 0.1) is 43.2 Å². The van der Waals surface area contributed by atoms with Crippen LogP contribution in [0.4, 0.5) is 0 Å². The van der Waals surface area contributed by atoms with Crippen LogP contribution in [0, 0.1) is 5.92 Å². The fourth-order valence-electron chi connectivity index (χ4n) is 6.49. The van der Waals surface area contributed by atoms with Gasteiger partial charge in [-0.15, -0.1) is 0 Å². The molecular formula is C53H76O10.